The molecule has 4 heteroatoms. The van der Waals surface area contributed by atoms with E-state index < -0.39 is 0 Å². The molecule has 140 valence electrons. The molecule has 0 radical (unpaired) electrons. The van der Waals surface area contributed by atoms with Gasteiger partial charge in [0.15, 0.2) is 0 Å². The number of thiophene rings is 1. The lowest BCUT2D eigenvalue weighted by Gasteiger charge is -2.34. The van der Waals surface area contributed by atoms with Gasteiger partial charge in [-0.1, -0.05) is 24.6 Å². The second-order valence-corrected chi connectivity index (χ2v) is 8.35. The van der Waals surface area contributed by atoms with Crippen LogP contribution in [0.4, 0.5) is 0 Å². The first-order valence-electron chi connectivity index (χ1n) is 9.76. The van der Waals surface area contributed by atoms with Crippen LogP contribution in [0.1, 0.15) is 53.4 Å². The Morgan fingerprint density at radius 1 is 1.23 bits per heavy atom. The number of likely N-dealkylation sites (tertiary alicyclic amines) is 1. The van der Waals surface area contributed by atoms with Gasteiger partial charge in [0, 0.05) is 29.6 Å². The molecular formula is C22H30N2OS. The van der Waals surface area contributed by atoms with E-state index in [1.807, 2.05) is 35.2 Å². The molecule has 3 rings (SSSR count). The fourth-order valence-electron chi connectivity index (χ4n) is 3.71. The molecule has 3 nitrogen and oxygen atoms in total. The number of benzene rings is 1. The van der Waals surface area contributed by atoms with Gasteiger partial charge in [-0.25, -0.2) is 0 Å². The zero-order valence-electron chi connectivity index (χ0n) is 16.0. The topological polar surface area (TPSA) is 23.6 Å². The van der Waals surface area contributed by atoms with Gasteiger partial charge in [0.05, 0.1) is 6.54 Å². The van der Waals surface area contributed by atoms with E-state index >= 15 is 0 Å². The number of rotatable bonds is 7. The Morgan fingerprint density at radius 2 is 2.04 bits per heavy atom. The van der Waals surface area contributed by atoms with Crippen molar-refractivity contribution in [3.8, 4) is 0 Å². The van der Waals surface area contributed by atoms with E-state index in [9.17, 15) is 4.79 Å². The smallest absolute Gasteiger partial charge is 0.254 e. The summed E-state index contributed by atoms with van der Waals surface area (Å²) in [6, 6.07) is 12.5. The van der Waals surface area contributed by atoms with Gasteiger partial charge in [-0.05, 0) is 68.8 Å². The van der Waals surface area contributed by atoms with Crippen molar-refractivity contribution < 1.29 is 4.79 Å². The number of hydrogen-bond donors (Lipinski definition) is 0. The average Bonchev–Trinajstić information content (AvgIpc) is 3.07. The summed E-state index contributed by atoms with van der Waals surface area (Å²) in [7, 11) is 0. The van der Waals surface area contributed by atoms with Crippen molar-refractivity contribution in [2.24, 2.45) is 0 Å². The SMILES string of the molecule is Cc1ccsc1CN(CCCN1CCCCC1C)C(=O)c1ccccc1. The summed E-state index contributed by atoms with van der Waals surface area (Å²) in [4.78, 5) is 19.0. The molecule has 1 amide bonds. The molecule has 1 atom stereocenters. The molecule has 0 saturated carbocycles. The number of aryl methyl sites for hydroxylation is 1. The van der Waals surface area contributed by atoms with Gasteiger partial charge in [-0.2, -0.15) is 0 Å². The lowest BCUT2D eigenvalue weighted by atomic mass is 10.0. The van der Waals surface area contributed by atoms with Crippen LogP contribution in [0.15, 0.2) is 41.8 Å². The van der Waals surface area contributed by atoms with Crippen molar-refractivity contribution in [2.75, 3.05) is 19.6 Å². The van der Waals surface area contributed by atoms with Gasteiger partial charge in [-0.3, -0.25) is 4.79 Å². The molecule has 1 saturated heterocycles. The average molecular weight is 371 g/mol. The van der Waals surface area contributed by atoms with Crippen molar-refractivity contribution in [3.05, 3.63) is 57.8 Å². The predicted octanol–water partition coefficient (Wildman–Crippen LogP) is 4.96. The largest absolute Gasteiger partial charge is 0.333 e. The molecule has 1 aliphatic heterocycles. The van der Waals surface area contributed by atoms with E-state index in [-0.39, 0.29) is 5.91 Å². The Hall–Kier alpha value is -1.65. The Labute approximate surface area is 161 Å². The summed E-state index contributed by atoms with van der Waals surface area (Å²) in [6.45, 7) is 8.29. The number of amides is 1. The Bertz CT molecular complexity index is 697. The van der Waals surface area contributed by atoms with E-state index in [2.05, 4.69) is 30.2 Å². The number of piperidine rings is 1. The molecular weight excluding hydrogens is 340 g/mol. The number of hydrogen-bond acceptors (Lipinski definition) is 3. The first-order valence-corrected chi connectivity index (χ1v) is 10.6. The molecule has 0 bridgehead atoms. The highest BCUT2D eigenvalue weighted by Gasteiger charge is 2.20. The minimum Gasteiger partial charge on any atom is -0.333 e. The fraction of sp³-hybridized carbons (Fsp3) is 0.500. The highest BCUT2D eigenvalue weighted by Crippen LogP contribution is 2.20. The van der Waals surface area contributed by atoms with E-state index in [1.165, 1.54) is 36.2 Å². The van der Waals surface area contributed by atoms with Crippen LogP contribution in [0.2, 0.25) is 0 Å². The van der Waals surface area contributed by atoms with Crippen molar-refractivity contribution >= 4 is 17.2 Å². The standard InChI is InChI=1S/C22H30N2OS/c1-18-12-16-26-21(18)17-24(22(25)20-10-4-3-5-11-20)15-8-14-23-13-7-6-9-19(23)2/h3-5,10-12,16,19H,6-9,13-15,17H2,1-2H3. The van der Waals surface area contributed by atoms with E-state index in [0.29, 0.717) is 12.6 Å². The van der Waals surface area contributed by atoms with Crippen molar-refractivity contribution in [1.82, 2.24) is 9.80 Å². The van der Waals surface area contributed by atoms with E-state index in [4.69, 9.17) is 0 Å². The molecule has 1 aromatic heterocycles. The van der Waals surface area contributed by atoms with Crippen LogP contribution in [-0.4, -0.2) is 41.4 Å². The molecule has 1 aliphatic rings. The Morgan fingerprint density at radius 3 is 2.73 bits per heavy atom. The van der Waals surface area contributed by atoms with Crippen LogP contribution < -0.4 is 0 Å². The third-order valence-electron chi connectivity index (χ3n) is 5.42. The maximum atomic E-state index is 13.0. The van der Waals surface area contributed by atoms with Gasteiger partial charge in [0.1, 0.15) is 0 Å². The molecule has 0 spiro atoms. The van der Waals surface area contributed by atoms with Crippen LogP contribution in [0.25, 0.3) is 0 Å². The number of carbonyl (C=O) groups excluding carboxylic acids is 1. The van der Waals surface area contributed by atoms with E-state index in [0.717, 1.165) is 25.1 Å². The minimum absolute atomic E-state index is 0.144. The second-order valence-electron chi connectivity index (χ2n) is 7.35. The molecule has 1 fully saturated rings. The molecule has 2 aromatic rings. The Balaban J connectivity index is 1.64. The highest BCUT2D eigenvalue weighted by atomic mass is 32.1. The van der Waals surface area contributed by atoms with Gasteiger partial charge < -0.3 is 9.80 Å². The van der Waals surface area contributed by atoms with E-state index in [1.54, 1.807) is 11.3 Å². The van der Waals surface area contributed by atoms with Gasteiger partial charge in [0.2, 0.25) is 0 Å². The number of carbonyl (C=O) groups is 1. The number of nitrogens with zero attached hydrogens (tertiary/aromatic N) is 2. The lowest BCUT2D eigenvalue weighted by Crippen LogP contribution is -2.40. The van der Waals surface area contributed by atoms with Gasteiger partial charge in [-0.15, -0.1) is 11.3 Å². The second kappa shape index (κ2) is 9.33. The molecule has 0 aliphatic carbocycles. The van der Waals surface area contributed by atoms with Crippen molar-refractivity contribution in [2.45, 2.75) is 52.1 Å². The van der Waals surface area contributed by atoms with Crippen LogP contribution in [0.3, 0.4) is 0 Å². The summed E-state index contributed by atoms with van der Waals surface area (Å²) in [5.41, 5.74) is 2.07. The summed E-state index contributed by atoms with van der Waals surface area (Å²) in [6.07, 6.45) is 5.01. The van der Waals surface area contributed by atoms with Gasteiger partial charge in [0.25, 0.3) is 5.91 Å². The predicted molar refractivity (Wildman–Crippen MR) is 110 cm³/mol. The van der Waals surface area contributed by atoms with Crippen molar-refractivity contribution in [1.29, 1.82) is 0 Å². The molecule has 1 unspecified atom stereocenters. The summed E-state index contributed by atoms with van der Waals surface area (Å²) in [5.74, 6) is 0.144. The van der Waals surface area contributed by atoms with Crippen LogP contribution >= 0.6 is 11.3 Å². The van der Waals surface area contributed by atoms with Crippen molar-refractivity contribution in [3.63, 3.8) is 0 Å². The monoisotopic (exact) mass is 370 g/mol. The molecule has 1 aromatic carbocycles. The summed E-state index contributed by atoms with van der Waals surface area (Å²) in [5, 5.41) is 2.12. The summed E-state index contributed by atoms with van der Waals surface area (Å²) >= 11 is 1.75. The fourth-order valence-corrected chi connectivity index (χ4v) is 4.63. The van der Waals surface area contributed by atoms with Crippen LogP contribution in [0.5, 0.6) is 0 Å². The van der Waals surface area contributed by atoms with Gasteiger partial charge >= 0.3 is 0 Å². The molecule has 0 N–H and O–H groups in total. The van der Waals surface area contributed by atoms with Crippen LogP contribution in [-0.2, 0) is 6.54 Å². The third-order valence-corrected chi connectivity index (χ3v) is 6.43. The molecule has 2 heterocycles. The zero-order chi connectivity index (χ0) is 18.4. The summed E-state index contributed by atoms with van der Waals surface area (Å²) < 4.78 is 0. The zero-order valence-corrected chi connectivity index (χ0v) is 16.8. The highest BCUT2D eigenvalue weighted by molar-refractivity contribution is 7.10. The maximum absolute atomic E-state index is 13.0. The normalized spacial score (nSPS) is 18.0. The first-order chi connectivity index (χ1) is 12.6. The first kappa shape index (κ1) is 19.1. The Kier molecular flexibility index (Phi) is 6.86. The maximum Gasteiger partial charge on any atom is 0.254 e. The lowest BCUT2D eigenvalue weighted by molar-refractivity contribution is 0.0728. The van der Waals surface area contributed by atoms with Crippen LogP contribution in [0, 0.1) is 6.92 Å². The quantitative estimate of drug-likeness (QED) is 0.687. The molecule has 26 heavy (non-hydrogen) atoms. The third kappa shape index (κ3) is 4.95. The minimum atomic E-state index is 0.144.